The maximum absolute atomic E-state index is 15.5. The van der Waals surface area contributed by atoms with Crippen LogP contribution in [0.1, 0.15) is 32.6 Å². The van der Waals surface area contributed by atoms with E-state index in [-0.39, 0.29) is 72.6 Å². The fraction of sp³-hybridized carbons (Fsp3) is 0.323. The zero-order chi connectivity index (χ0) is 31.0. The number of hydrogen-bond donors (Lipinski definition) is 1. The van der Waals surface area contributed by atoms with Gasteiger partial charge in [-0.05, 0) is 18.2 Å². The van der Waals surface area contributed by atoms with Gasteiger partial charge in [0.1, 0.15) is 5.75 Å². The van der Waals surface area contributed by atoms with E-state index in [1.807, 2.05) is 6.08 Å². The van der Waals surface area contributed by atoms with Crippen molar-refractivity contribution in [3.05, 3.63) is 71.8 Å². The van der Waals surface area contributed by atoms with E-state index in [9.17, 15) is 18.8 Å². The molecule has 1 aliphatic heterocycles. The first-order chi connectivity index (χ1) is 21.2. The van der Waals surface area contributed by atoms with Crippen molar-refractivity contribution in [2.75, 3.05) is 12.3 Å². The van der Waals surface area contributed by atoms with Crippen LogP contribution in [0.25, 0.3) is 22.3 Å². The quantitative estimate of drug-likeness (QED) is 0.136. The van der Waals surface area contributed by atoms with E-state index in [0.717, 1.165) is 36.6 Å². The number of aromatic nitrogens is 4. The number of ether oxygens (including phenoxy) is 1. The molecule has 0 bridgehead atoms. The Morgan fingerprint density at radius 3 is 2.77 bits per heavy atom. The van der Waals surface area contributed by atoms with Crippen molar-refractivity contribution in [1.82, 2.24) is 24.6 Å². The number of benzene rings is 2. The van der Waals surface area contributed by atoms with Gasteiger partial charge in [-0.25, -0.2) is 8.78 Å². The molecule has 2 aromatic carbocycles. The first kappa shape index (κ1) is 29.7. The van der Waals surface area contributed by atoms with Gasteiger partial charge in [0.2, 0.25) is 5.82 Å². The predicted octanol–water partition coefficient (Wildman–Crippen LogP) is 5.82. The van der Waals surface area contributed by atoms with Gasteiger partial charge in [-0.1, -0.05) is 6.07 Å². The first-order valence-electron chi connectivity index (χ1n) is 14.2. The van der Waals surface area contributed by atoms with Gasteiger partial charge in [0.15, 0.2) is 11.6 Å². The molecule has 2 aromatic heterocycles. The molecule has 1 atom stereocenters. The van der Waals surface area contributed by atoms with Crippen LogP contribution in [0.4, 0.5) is 19.0 Å². The molecule has 1 amide bonds. The summed E-state index contributed by atoms with van der Waals surface area (Å²) in [6.45, 7) is 2.91. The normalized spacial score (nSPS) is 17.8. The molecule has 1 saturated heterocycles. The van der Waals surface area contributed by atoms with Crippen molar-refractivity contribution in [2.45, 2.75) is 54.6 Å². The number of carbonyl (C=O) groups excluding carboxylic acids is 1. The van der Waals surface area contributed by atoms with Gasteiger partial charge in [0, 0.05) is 6.07 Å². The molecule has 13 heteroatoms. The summed E-state index contributed by atoms with van der Waals surface area (Å²) in [6, 6.07) is 9.22. The van der Waals surface area contributed by atoms with Gasteiger partial charge in [0.25, 0.3) is 0 Å². The van der Waals surface area contributed by atoms with Crippen LogP contribution in [0.5, 0.6) is 11.5 Å². The number of hydrogen-bond acceptors (Lipinski definition) is 7. The summed E-state index contributed by atoms with van der Waals surface area (Å²) in [7, 11) is 0. The fourth-order valence-corrected chi connectivity index (χ4v) is 8.32. The molecular weight excluding hydrogens is 634 g/mol. The second-order valence-corrected chi connectivity index (χ2v) is 14.7. The number of nitrogens with zero attached hydrogens (tertiary/aromatic N) is 6. The molecule has 4 aromatic rings. The van der Waals surface area contributed by atoms with Crippen LogP contribution in [0.2, 0.25) is 9.41 Å². The number of rotatable bonds is 9. The summed E-state index contributed by atoms with van der Waals surface area (Å²) in [6.07, 6.45) is 6.72. The van der Waals surface area contributed by atoms with Gasteiger partial charge in [0.05, 0.1) is 0 Å². The second kappa shape index (κ2) is 12.0. The average molecular weight is 663 g/mol. The van der Waals surface area contributed by atoms with Gasteiger partial charge < -0.3 is 4.74 Å². The number of fused-ring (bicyclic) bond motifs is 1. The van der Waals surface area contributed by atoms with E-state index in [1.165, 1.54) is 30.6 Å². The summed E-state index contributed by atoms with van der Waals surface area (Å²) >= 11 is 0.0455. The van der Waals surface area contributed by atoms with E-state index in [4.69, 9.17) is 10.5 Å². The SMILES string of the molecule is CC[As]C1(C=C(C#N)C(=O)N2CCCC2Cn2nc(-c3ccc(Oc4cccc(F)c4F)cc3F)c3c(N)ncnc32)CC1. The Hall–Kier alpha value is -4.36. The molecule has 9 nitrogen and oxygen atoms in total. The van der Waals surface area contributed by atoms with E-state index in [1.54, 1.807) is 9.58 Å². The Bertz CT molecular complexity index is 1830. The van der Waals surface area contributed by atoms with Crippen molar-refractivity contribution >= 4 is 38.5 Å². The molecule has 2 fully saturated rings. The molecule has 1 aliphatic carbocycles. The topological polar surface area (TPSA) is 123 Å². The van der Waals surface area contributed by atoms with E-state index in [2.05, 4.69) is 28.1 Å². The molecule has 2 aliphatic rings. The van der Waals surface area contributed by atoms with Crippen LogP contribution in [-0.2, 0) is 11.3 Å². The zero-order valence-electron chi connectivity index (χ0n) is 23.8. The Morgan fingerprint density at radius 2 is 2.05 bits per heavy atom. The summed E-state index contributed by atoms with van der Waals surface area (Å²) in [5.74, 6) is -3.61. The molecule has 1 saturated carbocycles. The average Bonchev–Trinajstić information content (AvgIpc) is 3.43. The Labute approximate surface area is 258 Å². The number of anilines is 1. The van der Waals surface area contributed by atoms with Crippen LogP contribution < -0.4 is 10.5 Å². The molecule has 1 unspecified atom stereocenters. The molecule has 6 rings (SSSR count). The predicted molar refractivity (Wildman–Crippen MR) is 158 cm³/mol. The van der Waals surface area contributed by atoms with Crippen LogP contribution in [0.3, 0.4) is 0 Å². The summed E-state index contributed by atoms with van der Waals surface area (Å²) in [4.78, 5) is 23.7. The Kier molecular flexibility index (Phi) is 8.08. The molecule has 0 spiro atoms. The molecular formula is C31H28AsF3N7O2. The Balaban J connectivity index is 1.30. The van der Waals surface area contributed by atoms with E-state index < -0.39 is 17.5 Å². The molecule has 2 N–H and O–H groups in total. The molecule has 225 valence electrons. The summed E-state index contributed by atoms with van der Waals surface area (Å²) < 4.78 is 50.2. The van der Waals surface area contributed by atoms with Crippen molar-refractivity contribution < 1.29 is 22.7 Å². The fourth-order valence-electron chi connectivity index (χ4n) is 5.64. The van der Waals surface area contributed by atoms with Gasteiger partial charge in [-0.15, -0.1) is 0 Å². The van der Waals surface area contributed by atoms with Crippen LogP contribution in [0, 0.1) is 28.8 Å². The number of allylic oxidation sites excluding steroid dienone is 1. The number of nitrogen functional groups attached to an aromatic ring is 1. The second-order valence-electron chi connectivity index (χ2n) is 10.8. The zero-order valence-corrected chi connectivity index (χ0v) is 25.7. The number of halogens is 3. The van der Waals surface area contributed by atoms with Crippen LogP contribution >= 0.6 is 0 Å². The minimum absolute atomic E-state index is 0.0405. The van der Waals surface area contributed by atoms with Crippen LogP contribution in [0.15, 0.2) is 54.4 Å². The molecule has 1 radical (unpaired) electrons. The molecule has 44 heavy (non-hydrogen) atoms. The number of nitriles is 1. The van der Waals surface area contributed by atoms with Gasteiger partial charge in [-0.3, -0.25) is 0 Å². The monoisotopic (exact) mass is 662 g/mol. The van der Waals surface area contributed by atoms with Crippen molar-refractivity contribution in [2.24, 2.45) is 0 Å². The van der Waals surface area contributed by atoms with Crippen molar-refractivity contribution in [3.8, 4) is 28.8 Å². The number of nitrogens with two attached hydrogens (primary N) is 1. The third-order valence-corrected chi connectivity index (χ3v) is 11.1. The summed E-state index contributed by atoms with van der Waals surface area (Å²) in [5.41, 5.74) is 7.04. The standard InChI is InChI=1S/C31H28AsF3N7O2/c1-2-32-31(10-11-31)14-18(15-36)30(43)41-12-4-5-19(41)16-42-29-25(28(37)38-17-39-29)27(40-42)21-9-8-20(13-23(21)34)44-24-7-3-6-22(33)26(24)35/h3,6-9,13-14,17,19H,2,4-5,10-12,16H2,1H3,(H2,37,38,39). The van der Waals surface area contributed by atoms with E-state index >= 15 is 4.39 Å². The van der Waals surface area contributed by atoms with E-state index in [0.29, 0.717) is 24.0 Å². The van der Waals surface area contributed by atoms with Crippen LogP contribution in [-0.4, -0.2) is 58.9 Å². The Morgan fingerprint density at radius 1 is 1.23 bits per heavy atom. The van der Waals surface area contributed by atoms with Gasteiger partial charge in [-0.2, -0.15) is 4.39 Å². The summed E-state index contributed by atoms with van der Waals surface area (Å²) in [5, 5.41) is 15.9. The van der Waals surface area contributed by atoms with Crippen molar-refractivity contribution in [3.63, 3.8) is 0 Å². The minimum atomic E-state index is -1.18. The molecule has 3 heterocycles. The number of amides is 1. The van der Waals surface area contributed by atoms with Crippen molar-refractivity contribution in [1.29, 1.82) is 5.26 Å². The first-order valence-corrected chi connectivity index (χ1v) is 16.5. The third-order valence-electron chi connectivity index (χ3n) is 7.92. The van der Waals surface area contributed by atoms with Gasteiger partial charge >= 0.3 is 187 Å². The maximum atomic E-state index is 15.5. The number of likely N-dealkylation sites (tertiary alicyclic amines) is 1. The number of carbonyl (C=O) groups is 1. The third kappa shape index (κ3) is 5.64.